The predicted octanol–water partition coefficient (Wildman–Crippen LogP) is 3.14. The third-order valence-corrected chi connectivity index (χ3v) is 3.41. The largest absolute Gasteiger partial charge is 0.483 e. The molecule has 2 aromatic heterocycles. The first kappa shape index (κ1) is 13.4. The number of aryl methyl sites for hydroxylation is 2. The molecule has 0 aliphatic rings. The normalized spacial score (nSPS) is 10.8. The van der Waals surface area contributed by atoms with Crippen LogP contribution in [0.4, 0.5) is 0 Å². The van der Waals surface area contributed by atoms with Crippen molar-refractivity contribution >= 4 is 16.7 Å². The molecule has 106 valence electrons. The molecule has 0 aliphatic heterocycles. The van der Waals surface area contributed by atoms with Crippen LogP contribution in [0.15, 0.2) is 48.7 Å². The lowest BCUT2D eigenvalue weighted by molar-refractivity contribution is 0.0914. The molecule has 0 fully saturated rings. The Bertz CT molecular complexity index is 805. The van der Waals surface area contributed by atoms with Crippen molar-refractivity contribution in [1.29, 1.82) is 0 Å². The second-order valence-electron chi connectivity index (χ2n) is 5.00. The van der Waals surface area contributed by atoms with E-state index in [4.69, 9.17) is 4.74 Å². The van der Waals surface area contributed by atoms with E-state index in [0.717, 1.165) is 16.6 Å². The molecular formula is C17H16N2O2. The van der Waals surface area contributed by atoms with Gasteiger partial charge in [-0.3, -0.25) is 4.79 Å². The van der Waals surface area contributed by atoms with Crippen molar-refractivity contribution in [1.82, 2.24) is 9.55 Å². The summed E-state index contributed by atoms with van der Waals surface area (Å²) >= 11 is 0. The van der Waals surface area contributed by atoms with Gasteiger partial charge in [0.2, 0.25) is 5.78 Å². The van der Waals surface area contributed by atoms with E-state index in [9.17, 15) is 4.79 Å². The Hall–Kier alpha value is -2.62. The van der Waals surface area contributed by atoms with Crippen molar-refractivity contribution in [3.05, 3.63) is 60.0 Å². The van der Waals surface area contributed by atoms with Gasteiger partial charge in [-0.2, -0.15) is 0 Å². The number of ether oxygens (including phenoxy) is 1. The molecule has 0 radical (unpaired) electrons. The molecule has 0 unspecified atom stereocenters. The molecule has 0 saturated carbocycles. The summed E-state index contributed by atoms with van der Waals surface area (Å²) in [6.07, 6.45) is 1.84. The van der Waals surface area contributed by atoms with Gasteiger partial charge in [-0.05, 0) is 31.2 Å². The van der Waals surface area contributed by atoms with E-state index in [2.05, 4.69) is 4.98 Å². The Balaban J connectivity index is 1.84. The van der Waals surface area contributed by atoms with E-state index in [1.165, 1.54) is 0 Å². The molecular weight excluding hydrogens is 264 g/mol. The maximum Gasteiger partial charge on any atom is 0.216 e. The van der Waals surface area contributed by atoms with Crippen molar-refractivity contribution in [2.45, 2.75) is 6.92 Å². The number of rotatable bonds is 4. The quantitative estimate of drug-likeness (QED) is 0.690. The van der Waals surface area contributed by atoms with E-state index >= 15 is 0 Å². The number of carbonyl (C=O) groups is 1. The van der Waals surface area contributed by atoms with Gasteiger partial charge in [-0.1, -0.05) is 18.2 Å². The van der Waals surface area contributed by atoms with Gasteiger partial charge < -0.3 is 9.30 Å². The fourth-order valence-corrected chi connectivity index (χ4v) is 2.30. The van der Waals surface area contributed by atoms with Crippen molar-refractivity contribution in [2.75, 3.05) is 6.61 Å². The van der Waals surface area contributed by atoms with Gasteiger partial charge >= 0.3 is 0 Å². The van der Waals surface area contributed by atoms with Gasteiger partial charge in [-0.15, -0.1) is 0 Å². The van der Waals surface area contributed by atoms with Crippen LogP contribution in [-0.2, 0) is 7.05 Å². The molecule has 0 aliphatic carbocycles. The molecule has 4 heteroatoms. The minimum Gasteiger partial charge on any atom is -0.483 e. The summed E-state index contributed by atoms with van der Waals surface area (Å²) in [7, 11) is 1.84. The molecule has 0 atom stereocenters. The molecule has 0 bridgehead atoms. The van der Waals surface area contributed by atoms with Crippen molar-refractivity contribution in [3.63, 3.8) is 0 Å². The fraction of sp³-hybridized carbons (Fsp3) is 0.176. The average molecular weight is 280 g/mol. The Labute approximate surface area is 123 Å². The minimum absolute atomic E-state index is 0.00654. The van der Waals surface area contributed by atoms with Crippen LogP contribution in [0.2, 0.25) is 0 Å². The number of ketones is 1. The summed E-state index contributed by atoms with van der Waals surface area (Å²) in [5, 5.41) is 1.00. The molecule has 3 aromatic rings. The van der Waals surface area contributed by atoms with Crippen LogP contribution >= 0.6 is 0 Å². The minimum atomic E-state index is -0.0489. The zero-order valence-electron chi connectivity index (χ0n) is 12.0. The van der Waals surface area contributed by atoms with Crippen LogP contribution in [0.1, 0.15) is 16.2 Å². The first-order valence-corrected chi connectivity index (χ1v) is 6.79. The van der Waals surface area contributed by atoms with E-state index < -0.39 is 0 Å². The Morgan fingerprint density at radius 3 is 2.81 bits per heavy atom. The van der Waals surface area contributed by atoms with Gasteiger partial charge in [0.15, 0.2) is 6.61 Å². The predicted molar refractivity (Wildman–Crippen MR) is 81.7 cm³/mol. The number of fused-ring (bicyclic) bond motifs is 1. The van der Waals surface area contributed by atoms with E-state index in [1.54, 1.807) is 10.6 Å². The maximum absolute atomic E-state index is 12.1. The number of aromatic nitrogens is 2. The Kier molecular flexibility index (Phi) is 3.44. The third-order valence-electron chi connectivity index (χ3n) is 3.41. The fourth-order valence-electron chi connectivity index (χ4n) is 2.30. The summed E-state index contributed by atoms with van der Waals surface area (Å²) in [5.74, 6) is 0.589. The first-order valence-electron chi connectivity index (χ1n) is 6.79. The summed E-state index contributed by atoms with van der Waals surface area (Å²) in [6.45, 7) is 1.94. The Morgan fingerprint density at radius 2 is 2.05 bits per heavy atom. The van der Waals surface area contributed by atoms with Gasteiger partial charge in [0.05, 0.1) is 5.69 Å². The molecule has 1 aromatic carbocycles. The number of nitrogens with zero attached hydrogens (tertiary/aromatic N) is 2. The molecule has 21 heavy (non-hydrogen) atoms. The molecule has 0 spiro atoms. The third kappa shape index (κ3) is 2.65. The average Bonchev–Trinajstić information content (AvgIpc) is 2.91. The van der Waals surface area contributed by atoms with Crippen LogP contribution in [0.3, 0.4) is 0 Å². The number of hydrogen-bond acceptors (Lipinski definition) is 3. The lowest BCUT2D eigenvalue weighted by Crippen LogP contribution is -2.14. The lowest BCUT2D eigenvalue weighted by atomic mass is 10.2. The zero-order chi connectivity index (χ0) is 14.8. The van der Waals surface area contributed by atoms with E-state index in [0.29, 0.717) is 11.4 Å². The molecule has 0 N–H and O–H groups in total. The zero-order valence-corrected chi connectivity index (χ0v) is 12.0. The highest BCUT2D eigenvalue weighted by atomic mass is 16.5. The molecule has 3 rings (SSSR count). The number of hydrogen-bond donors (Lipinski definition) is 0. The number of pyridine rings is 1. The van der Waals surface area contributed by atoms with Crippen LogP contribution < -0.4 is 4.74 Å². The molecule has 0 amide bonds. The number of Topliss-reactive ketones (excluding diaryl/α,β-unsaturated/α-hetero) is 1. The first-order chi connectivity index (χ1) is 10.1. The second kappa shape index (κ2) is 5.40. The van der Waals surface area contributed by atoms with E-state index in [1.807, 2.05) is 56.6 Å². The van der Waals surface area contributed by atoms with Crippen molar-refractivity contribution in [3.8, 4) is 5.75 Å². The van der Waals surface area contributed by atoms with Crippen LogP contribution in [0, 0.1) is 6.92 Å². The molecule has 2 heterocycles. The molecule has 0 saturated heterocycles. The summed E-state index contributed by atoms with van der Waals surface area (Å²) in [5.41, 5.74) is 2.35. The van der Waals surface area contributed by atoms with Crippen LogP contribution in [0.25, 0.3) is 10.9 Å². The van der Waals surface area contributed by atoms with Gasteiger partial charge in [0.25, 0.3) is 0 Å². The van der Waals surface area contributed by atoms with Gasteiger partial charge in [0, 0.05) is 24.3 Å². The lowest BCUT2D eigenvalue weighted by Gasteiger charge is -2.09. The van der Waals surface area contributed by atoms with E-state index in [-0.39, 0.29) is 12.4 Å². The van der Waals surface area contributed by atoms with Crippen molar-refractivity contribution in [2.24, 2.45) is 7.05 Å². The topological polar surface area (TPSA) is 44.1 Å². The summed E-state index contributed by atoms with van der Waals surface area (Å²) in [4.78, 5) is 16.6. The highest BCUT2D eigenvalue weighted by Gasteiger charge is 2.11. The summed E-state index contributed by atoms with van der Waals surface area (Å²) < 4.78 is 7.48. The van der Waals surface area contributed by atoms with Gasteiger partial charge in [-0.25, -0.2) is 4.98 Å². The second-order valence-corrected chi connectivity index (χ2v) is 5.00. The smallest absolute Gasteiger partial charge is 0.216 e. The summed E-state index contributed by atoms with van der Waals surface area (Å²) in [6, 6.07) is 13.3. The van der Waals surface area contributed by atoms with Crippen LogP contribution in [0.5, 0.6) is 5.75 Å². The SMILES string of the molecule is Cc1ccc2cccc(OCC(=O)c3cccn3C)c2n1. The number of benzene rings is 1. The standard InChI is InChI=1S/C17H16N2O2/c1-12-8-9-13-5-3-7-16(17(13)18-12)21-11-15(20)14-6-4-10-19(14)2/h3-10H,11H2,1-2H3. The maximum atomic E-state index is 12.1. The Morgan fingerprint density at radius 1 is 1.19 bits per heavy atom. The number of carbonyl (C=O) groups excluding carboxylic acids is 1. The van der Waals surface area contributed by atoms with Crippen LogP contribution in [-0.4, -0.2) is 21.9 Å². The highest BCUT2D eigenvalue weighted by Crippen LogP contribution is 2.24. The van der Waals surface area contributed by atoms with Crippen molar-refractivity contribution < 1.29 is 9.53 Å². The number of para-hydroxylation sites is 1. The molecule has 4 nitrogen and oxygen atoms in total. The highest BCUT2D eigenvalue weighted by molar-refractivity contribution is 5.96. The van der Waals surface area contributed by atoms with Gasteiger partial charge in [0.1, 0.15) is 11.3 Å². The monoisotopic (exact) mass is 280 g/mol.